The van der Waals surface area contributed by atoms with E-state index in [1.807, 2.05) is 0 Å². The number of piperidine rings is 1. The Morgan fingerprint density at radius 1 is 1.17 bits per heavy atom. The molecule has 1 aliphatic carbocycles. The number of hydrogen-bond donors (Lipinski definition) is 0. The van der Waals surface area contributed by atoms with Crippen LogP contribution in [0, 0.1) is 11.8 Å². The summed E-state index contributed by atoms with van der Waals surface area (Å²) in [5.74, 6) is 1.61. The number of allylic oxidation sites excluding steroid dienone is 2. The lowest BCUT2D eigenvalue weighted by molar-refractivity contribution is 0.164. The Balaban J connectivity index is 2.06. The van der Waals surface area contributed by atoms with E-state index >= 15 is 0 Å². The van der Waals surface area contributed by atoms with Gasteiger partial charge in [0.2, 0.25) is 0 Å². The van der Waals surface area contributed by atoms with E-state index in [2.05, 4.69) is 50.1 Å². The van der Waals surface area contributed by atoms with Gasteiger partial charge in [-0.2, -0.15) is 0 Å². The van der Waals surface area contributed by atoms with Gasteiger partial charge in [-0.3, -0.25) is 0 Å². The Labute approximate surface area is 111 Å². The summed E-state index contributed by atoms with van der Waals surface area (Å²) in [5.41, 5.74) is 6.21. The van der Waals surface area contributed by atoms with Crippen molar-refractivity contribution >= 4 is 5.57 Å². The van der Waals surface area contributed by atoms with Crippen molar-refractivity contribution in [2.75, 3.05) is 20.1 Å². The van der Waals surface area contributed by atoms with Crippen LogP contribution < -0.4 is 0 Å². The zero-order chi connectivity index (χ0) is 12.7. The van der Waals surface area contributed by atoms with Crippen molar-refractivity contribution in [3.05, 3.63) is 41.0 Å². The first-order chi connectivity index (χ1) is 8.66. The third-order valence-electron chi connectivity index (χ3n) is 4.99. The van der Waals surface area contributed by atoms with Crippen LogP contribution in [0.15, 0.2) is 29.8 Å². The molecule has 1 fully saturated rings. The number of nitrogens with zero attached hydrogens (tertiary/aromatic N) is 1. The Morgan fingerprint density at radius 2 is 1.94 bits per heavy atom. The van der Waals surface area contributed by atoms with E-state index in [9.17, 15) is 0 Å². The molecule has 2 aliphatic rings. The third kappa shape index (κ3) is 1.91. The summed E-state index contributed by atoms with van der Waals surface area (Å²) < 4.78 is 0. The van der Waals surface area contributed by atoms with Gasteiger partial charge in [0.05, 0.1) is 0 Å². The predicted molar refractivity (Wildman–Crippen MR) is 77.5 cm³/mol. The molecule has 1 aliphatic heterocycles. The van der Waals surface area contributed by atoms with Gasteiger partial charge in [0, 0.05) is 6.54 Å². The summed E-state index contributed by atoms with van der Waals surface area (Å²) in [4.78, 5) is 2.50. The largest absolute Gasteiger partial charge is 0.306 e. The molecular formula is C17H23N. The number of benzene rings is 1. The molecule has 0 saturated carbocycles. The number of fused-ring (bicyclic) bond motifs is 2. The van der Waals surface area contributed by atoms with Gasteiger partial charge in [-0.05, 0) is 68.8 Å². The van der Waals surface area contributed by atoms with E-state index in [-0.39, 0.29) is 0 Å². The molecule has 1 heterocycles. The molecule has 1 nitrogen and oxygen atoms in total. The zero-order valence-electron chi connectivity index (χ0n) is 11.7. The maximum atomic E-state index is 2.50. The molecule has 3 rings (SSSR count). The van der Waals surface area contributed by atoms with Crippen LogP contribution in [0.25, 0.3) is 5.57 Å². The average Bonchev–Trinajstić information content (AvgIpc) is 2.47. The summed E-state index contributed by atoms with van der Waals surface area (Å²) in [7, 11) is 2.26. The second-order valence-electron chi connectivity index (χ2n) is 6.09. The lowest BCUT2D eigenvalue weighted by Gasteiger charge is -2.37. The van der Waals surface area contributed by atoms with E-state index in [0.29, 0.717) is 0 Å². The van der Waals surface area contributed by atoms with Crippen molar-refractivity contribution < 1.29 is 0 Å². The number of hydrogen-bond acceptors (Lipinski definition) is 1. The van der Waals surface area contributed by atoms with Crippen molar-refractivity contribution in [3.63, 3.8) is 0 Å². The molecule has 0 bridgehead atoms. The standard InChI is InChI=1S/C17H23N/c1-12-13(2)17-8-9-18(3)11-15(17)10-14-6-4-5-7-16(12)14/h4-7,15,17H,8-11H2,1-3H3. The smallest absolute Gasteiger partial charge is 0.00155 e. The van der Waals surface area contributed by atoms with E-state index in [1.165, 1.54) is 37.1 Å². The van der Waals surface area contributed by atoms with Gasteiger partial charge in [-0.15, -0.1) is 0 Å². The van der Waals surface area contributed by atoms with Gasteiger partial charge in [-0.1, -0.05) is 29.8 Å². The van der Waals surface area contributed by atoms with Crippen molar-refractivity contribution in [1.29, 1.82) is 0 Å². The van der Waals surface area contributed by atoms with Crippen LogP contribution in [-0.4, -0.2) is 25.0 Å². The monoisotopic (exact) mass is 241 g/mol. The Kier molecular flexibility index (Phi) is 3.03. The van der Waals surface area contributed by atoms with Crippen molar-refractivity contribution in [1.82, 2.24) is 4.90 Å². The first kappa shape index (κ1) is 12.0. The molecule has 0 N–H and O–H groups in total. The minimum absolute atomic E-state index is 0.800. The van der Waals surface area contributed by atoms with Crippen LogP contribution in [0.2, 0.25) is 0 Å². The summed E-state index contributed by atoms with van der Waals surface area (Å²) in [6.45, 7) is 7.18. The fourth-order valence-corrected chi connectivity index (χ4v) is 3.83. The summed E-state index contributed by atoms with van der Waals surface area (Å²) >= 11 is 0. The molecule has 1 heteroatoms. The molecule has 0 amide bonds. The van der Waals surface area contributed by atoms with Crippen LogP contribution in [0.3, 0.4) is 0 Å². The van der Waals surface area contributed by atoms with Gasteiger partial charge in [-0.25, -0.2) is 0 Å². The molecule has 1 aromatic rings. The van der Waals surface area contributed by atoms with Gasteiger partial charge in [0.15, 0.2) is 0 Å². The highest BCUT2D eigenvalue weighted by Gasteiger charge is 2.32. The summed E-state index contributed by atoms with van der Waals surface area (Å²) in [6, 6.07) is 8.99. The fraction of sp³-hybridized carbons (Fsp3) is 0.529. The fourth-order valence-electron chi connectivity index (χ4n) is 3.83. The Morgan fingerprint density at radius 3 is 2.78 bits per heavy atom. The SMILES string of the molecule is CC1=C(C)C2CCN(C)CC2Cc2ccccc21. The predicted octanol–water partition coefficient (Wildman–Crippen LogP) is 3.60. The van der Waals surface area contributed by atoms with Crippen LogP contribution in [0.1, 0.15) is 31.4 Å². The average molecular weight is 241 g/mol. The second-order valence-corrected chi connectivity index (χ2v) is 6.09. The highest BCUT2D eigenvalue weighted by Crippen LogP contribution is 2.39. The second kappa shape index (κ2) is 4.55. The first-order valence-corrected chi connectivity index (χ1v) is 7.11. The van der Waals surface area contributed by atoms with Gasteiger partial charge in [0.25, 0.3) is 0 Å². The van der Waals surface area contributed by atoms with Gasteiger partial charge >= 0.3 is 0 Å². The zero-order valence-corrected chi connectivity index (χ0v) is 11.7. The number of likely N-dealkylation sites (tertiary alicyclic amines) is 1. The first-order valence-electron chi connectivity index (χ1n) is 7.11. The summed E-state index contributed by atoms with van der Waals surface area (Å²) in [5, 5.41) is 0. The highest BCUT2D eigenvalue weighted by molar-refractivity contribution is 5.70. The lowest BCUT2D eigenvalue weighted by Crippen LogP contribution is -2.39. The highest BCUT2D eigenvalue weighted by atomic mass is 15.1. The van der Waals surface area contributed by atoms with E-state index in [4.69, 9.17) is 0 Å². The van der Waals surface area contributed by atoms with Crippen molar-refractivity contribution in [2.24, 2.45) is 11.8 Å². The molecule has 0 radical (unpaired) electrons. The molecular weight excluding hydrogens is 218 g/mol. The van der Waals surface area contributed by atoms with E-state index < -0.39 is 0 Å². The maximum absolute atomic E-state index is 2.50. The van der Waals surface area contributed by atoms with Crippen molar-refractivity contribution in [2.45, 2.75) is 26.7 Å². The Hall–Kier alpha value is -1.08. The molecule has 18 heavy (non-hydrogen) atoms. The van der Waals surface area contributed by atoms with E-state index in [1.54, 1.807) is 11.1 Å². The molecule has 1 saturated heterocycles. The Bertz CT molecular complexity index is 486. The normalized spacial score (nSPS) is 28.6. The number of rotatable bonds is 0. The third-order valence-corrected chi connectivity index (χ3v) is 4.99. The van der Waals surface area contributed by atoms with Crippen LogP contribution in [-0.2, 0) is 6.42 Å². The lowest BCUT2D eigenvalue weighted by atomic mass is 9.79. The van der Waals surface area contributed by atoms with Gasteiger partial charge < -0.3 is 4.90 Å². The van der Waals surface area contributed by atoms with E-state index in [0.717, 1.165) is 11.8 Å². The molecule has 2 unspecified atom stereocenters. The molecule has 0 spiro atoms. The van der Waals surface area contributed by atoms with Crippen LogP contribution in [0.4, 0.5) is 0 Å². The van der Waals surface area contributed by atoms with Crippen LogP contribution in [0.5, 0.6) is 0 Å². The topological polar surface area (TPSA) is 3.24 Å². The molecule has 1 aromatic carbocycles. The molecule has 96 valence electrons. The minimum Gasteiger partial charge on any atom is -0.306 e. The minimum atomic E-state index is 0.800. The maximum Gasteiger partial charge on any atom is 0.00155 e. The van der Waals surface area contributed by atoms with Crippen LogP contribution >= 0.6 is 0 Å². The summed E-state index contributed by atoms with van der Waals surface area (Å²) in [6.07, 6.45) is 2.58. The molecule has 2 atom stereocenters. The van der Waals surface area contributed by atoms with Gasteiger partial charge in [0.1, 0.15) is 0 Å². The van der Waals surface area contributed by atoms with Crippen molar-refractivity contribution in [3.8, 4) is 0 Å². The molecule has 0 aromatic heterocycles. The quantitative estimate of drug-likeness (QED) is 0.671.